The number of hydrogen-bond donors (Lipinski definition) is 2. The Morgan fingerprint density at radius 1 is 1.26 bits per heavy atom. The standard InChI is InChI=1S/C21H28O2/c1-3-4-18-19(23)12-21(2)10-9-16-15-8-6-14(22)11-13(15)5-7-17(16)20(18)21/h3-4,6,8,11,16-20,22-23H,5,7,9-10,12H2,1-2H3/t16-,17-,18-,19+,20-,21-/m1/s1. The maximum Gasteiger partial charge on any atom is 0.115 e. The van der Waals surface area contributed by atoms with Crippen LogP contribution in [0.2, 0.25) is 0 Å². The summed E-state index contributed by atoms with van der Waals surface area (Å²) < 4.78 is 0. The van der Waals surface area contributed by atoms with E-state index in [-0.39, 0.29) is 6.10 Å². The van der Waals surface area contributed by atoms with Gasteiger partial charge in [0.15, 0.2) is 0 Å². The zero-order valence-electron chi connectivity index (χ0n) is 14.2. The molecule has 0 saturated heterocycles. The van der Waals surface area contributed by atoms with Crippen molar-refractivity contribution in [2.75, 3.05) is 0 Å². The first-order chi connectivity index (χ1) is 11.0. The summed E-state index contributed by atoms with van der Waals surface area (Å²) in [5.74, 6) is 2.58. The second kappa shape index (κ2) is 5.37. The lowest BCUT2D eigenvalue weighted by molar-refractivity contribution is 0.0431. The summed E-state index contributed by atoms with van der Waals surface area (Å²) in [6.45, 7) is 4.48. The average molecular weight is 312 g/mol. The van der Waals surface area contributed by atoms with Crippen molar-refractivity contribution in [2.24, 2.45) is 23.2 Å². The highest BCUT2D eigenvalue weighted by Crippen LogP contribution is 2.63. The minimum atomic E-state index is -0.179. The number of aromatic hydroxyl groups is 1. The van der Waals surface area contributed by atoms with Gasteiger partial charge in [0.25, 0.3) is 0 Å². The van der Waals surface area contributed by atoms with E-state index in [2.05, 4.69) is 32.1 Å². The molecule has 0 amide bonds. The van der Waals surface area contributed by atoms with Crippen molar-refractivity contribution in [1.29, 1.82) is 0 Å². The van der Waals surface area contributed by atoms with Gasteiger partial charge in [-0.2, -0.15) is 0 Å². The van der Waals surface area contributed by atoms with E-state index >= 15 is 0 Å². The summed E-state index contributed by atoms with van der Waals surface area (Å²) in [5.41, 5.74) is 3.09. The van der Waals surface area contributed by atoms with E-state index in [0.29, 0.717) is 34.8 Å². The van der Waals surface area contributed by atoms with Crippen LogP contribution in [-0.2, 0) is 6.42 Å². The van der Waals surface area contributed by atoms with Crippen LogP contribution in [-0.4, -0.2) is 16.3 Å². The quantitative estimate of drug-likeness (QED) is 0.754. The molecule has 1 aromatic carbocycles. The number of fused-ring (bicyclic) bond motifs is 5. The first-order valence-corrected chi connectivity index (χ1v) is 9.16. The molecule has 0 spiro atoms. The van der Waals surface area contributed by atoms with E-state index in [1.54, 1.807) is 0 Å². The van der Waals surface area contributed by atoms with Crippen LogP contribution in [0, 0.1) is 23.2 Å². The van der Waals surface area contributed by atoms with Crippen molar-refractivity contribution in [1.82, 2.24) is 0 Å². The van der Waals surface area contributed by atoms with Gasteiger partial charge in [0.2, 0.25) is 0 Å². The number of aliphatic hydroxyl groups is 1. The first kappa shape index (κ1) is 15.3. The highest BCUT2D eigenvalue weighted by molar-refractivity contribution is 5.40. The lowest BCUT2D eigenvalue weighted by Gasteiger charge is -2.50. The second-order valence-electron chi connectivity index (χ2n) is 8.29. The van der Waals surface area contributed by atoms with Gasteiger partial charge in [0.05, 0.1) is 6.10 Å². The van der Waals surface area contributed by atoms with Crippen molar-refractivity contribution in [3.63, 3.8) is 0 Å². The Hall–Kier alpha value is -1.28. The number of phenols is 1. The van der Waals surface area contributed by atoms with Crippen LogP contribution in [0.15, 0.2) is 30.4 Å². The molecule has 1 aromatic rings. The van der Waals surface area contributed by atoms with Crippen LogP contribution in [0.25, 0.3) is 0 Å². The van der Waals surface area contributed by atoms with Gasteiger partial charge in [-0.3, -0.25) is 0 Å². The molecule has 0 heterocycles. The molecule has 6 atom stereocenters. The highest BCUT2D eigenvalue weighted by Gasteiger charge is 2.56. The van der Waals surface area contributed by atoms with Gasteiger partial charge >= 0.3 is 0 Å². The minimum absolute atomic E-state index is 0.179. The molecule has 3 aliphatic carbocycles. The van der Waals surface area contributed by atoms with E-state index in [1.165, 1.54) is 30.4 Å². The van der Waals surface area contributed by atoms with Crippen LogP contribution in [0.5, 0.6) is 5.75 Å². The number of phenolic OH excluding ortho intramolecular Hbond substituents is 1. The van der Waals surface area contributed by atoms with Crippen LogP contribution in [0.3, 0.4) is 0 Å². The molecule has 0 aromatic heterocycles. The van der Waals surface area contributed by atoms with Crippen molar-refractivity contribution < 1.29 is 10.2 Å². The predicted molar refractivity (Wildman–Crippen MR) is 92.4 cm³/mol. The van der Waals surface area contributed by atoms with Gasteiger partial charge in [-0.05, 0) is 85.5 Å². The van der Waals surface area contributed by atoms with E-state index in [1.807, 2.05) is 12.1 Å². The molecule has 124 valence electrons. The summed E-state index contributed by atoms with van der Waals surface area (Å²) in [6.07, 6.45) is 9.86. The van der Waals surface area contributed by atoms with Gasteiger partial charge in [0, 0.05) is 5.92 Å². The number of allylic oxidation sites excluding steroid dienone is 1. The van der Waals surface area contributed by atoms with E-state index in [4.69, 9.17) is 0 Å². The maximum atomic E-state index is 10.7. The normalized spacial score (nSPS) is 42.3. The molecule has 0 aliphatic heterocycles. The number of aliphatic hydroxyl groups excluding tert-OH is 1. The van der Waals surface area contributed by atoms with E-state index < -0.39 is 0 Å². The third kappa shape index (κ3) is 2.26. The van der Waals surface area contributed by atoms with Gasteiger partial charge in [-0.15, -0.1) is 0 Å². The molecular weight excluding hydrogens is 284 g/mol. The summed E-state index contributed by atoms with van der Waals surface area (Å²) >= 11 is 0. The zero-order valence-corrected chi connectivity index (χ0v) is 14.2. The summed E-state index contributed by atoms with van der Waals surface area (Å²) in [4.78, 5) is 0. The molecule has 2 saturated carbocycles. The van der Waals surface area contributed by atoms with Crippen molar-refractivity contribution in [3.8, 4) is 5.75 Å². The van der Waals surface area contributed by atoms with Crippen molar-refractivity contribution in [2.45, 2.75) is 58.0 Å². The summed E-state index contributed by atoms with van der Waals surface area (Å²) in [6, 6.07) is 5.97. The molecule has 3 aliphatic rings. The number of rotatable bonds is 1. The molecule has 2 fully saturated rings. The predicted octanol–water partition coefficient (Wildman–Crippen LogP) is 4.41. The molecule has 23 heavy (non-hydrogen) atoms. The molecule has 0 unspecified atom stereocenters. The largest absolute Gasteiger partial charge is 0.508 e. The molecule has 4 rings (SSSR count). The Kier molecular flexibility index (Phi) is 3.57. The summed E-state index contributed by atoms with van der Waals surface area (Å²) in [5, 5.41) is 20.4. The Balaban J connectivity index is 1.73. The lowest BCUT2D eigenvalue weighted by Crippen LogP contribution is -2.42. The Morgan fingerprint density at radius 2 is 2.09 bits per heavy atom. The monoisotopic (exact) mass is 312 g/mol. The van der Waals surface area contributed by atoms with E-state index in [0.717, 1.165) is 12.8 Å². The molecule has 0 radical (unpaired) electrons. The topological polar surface area (TPSA) is 40.5 Å². The third-order valence-electron chi connectivity index (χ3n) is 7.03. The third-order valence-corrected chi connectivity index (χ3v) is 7.03. The van der Waals surface area contributed by atoms with Crippen LogP contribution >= 0.6 is 0 Å². The Labute approximate surface area is 139 Å². The molecule has 2 N–H and O–H groups in total. The van der Waals surface area contributed by atoms with Crippen LogP contribution in [0.4, 0.5) is 0 Å². The Bertz CT molecular complexity index is 635. The van der Waals surface area contributed by atoms with Crippen molar-refractivity contribution >= 4 is 0 Å². The van der Waals surface area contributed by atoms with Gasteiger partial charge < -0.3 is 10.2 Å². The van der Waals surface area contributed by atoms with Crippen molar-refractivity contribution in [3.05, 3.63) is 41.5 Å². The van der Waals surface area contributed by atoms with Gasteiger partial charge in [0.1, 0.15) is 5.75 Å². The Morgan fingerprint density at radius 3 is 2.87 bits per heavy atom. The summed E-state index contributed by atoms with van der Waals surface area (Å²) in [7, 11) is 0. The van der Waals surface area contributed by atoms with Gasteiger partial charge in [-0.1, -0.05) is 25.1 Å². The number of benzene rings is 1. The van der Waals surface area contributed by atoms with Crippen LogP contribution in [0.1, 0.15) is 56.6 Å². The molecule has 2 heteroatoms. The second-order valence-corrected chi connectivity index (χ2v) is 8.29. The maximum absolute atomic E-state index is 10.7. The van der Waals surface area contributed by atoms with Crippen LogP contribution < -0.4 is 0 Å². The molecule has 2 nitrogen and oxygen atoms in total. The zero-order chi connectivity index (χ0) is 16.2. The molecular formula is C21H28O2. The molecule has 0 bridgehead atoms. The fourth-order valence-corrected chi connectivity index (χ4v) is 6.20. The average Bonchev–Trinajstić information content (AvgIpc) is 2.77. The number of hydrogen-bond acceptors (Lipinski definition) is 2. The minimum Gasteiger partial charge on any atom is -0.508 e. The van der Waals surface area contributed by atoms with E-state index in [9.17, 15) is 10.2 Å². The smallest absolute Gasteiger partial charge is 0.115 e. The SMILES string of the molecule is CC=C[C@H]1[C@H]2[C@@H]3CCc4cc(O)ccc4[C@H]3CC[C@]2(C)C[C@@H]1O. The van der Waals surface area contributed by atoms with Gasteiger partial charge in [-0.25, -0.2) is 0 Å². The number of aryl methyl sites for hydroxylation is 1. The highest BCUT2D eigenvalue weighted by atomic mass is 16.3. The fraction of sp³-hybridized carbons (Fsp3) is 0.619. The fourth-order valence-electron chi connectivity index (χ4n) is 6.20. The lowest BCUT2D eigenvalue weighted by atomic mass is 9.54. The first-order valence-electron chi connectivity index (χ1n) is 9.16.